The van der Waals surface area contributed by atoms with Gasteiger partial charge in [-0.2, -0.15) is 0 Å². The van der Waals surface area contributed by atoms with Gasteiger partial charge in [0.1, 0.15) is 17.7 Å². The van der Waals surface area contributed by atoms with E-state index in [1.165, 1.54) is 10.8 Å². The van der Waals surface area contributed by atoms with E-state index in [2.05, 4.69) is 60.5 Å². The molecule has 0 radical (unpaired) electrons. The van der Waals surface area contributed by atoms with Crippen molar-refractivity contribution < 1.29 is 0 Å². The predicted octanol–water partition coefficient (Wildman–Crippen LogP) is 3.15. The van der Waals surface area contributed by atoms with Crippen LogP contribution in [0.15, 0.2) is 48.8 Å². The first-order chi connectivity index (χ1) is 12.2. The smallest absolute Gasteiger partial charge is 0.183 e. The van der Waals surface area contributed by atoms with Crippen molar-refractivity contribution in [2.45, 2.75) is 0 Å². The molecule has 6 heteroatoms. The second kappa shape index (κ2) is 6.49. The van der Waals surface area contributed by atoms with Gasteiger partial charge in [0.15, 0.2) is 11.5 Å². The van der Waals surface area contributed by atoms with Crippen LogP contribution in [0.5, 0.6) is 0 Å². The topological polar surface area (TPSA) is 69.7 Å². The average molecular weight is 332 g/mol. The summed E-state index contributed by atoms with van der Waals surface area (Å²) >= 11 is 0. The maximum absolute atomic E-state index is 4.64. The van der Waals surface area contributed by atoms with E-state index in [0.717, 1.165) is 35.8 Å². The average Bonchev–Trinajstić information content (AvgIpc) is 3.06. The van der Waals surface area contributed by atoms with Gasteiger partial charge in [-0.25, -0.2) is 15.0 Å². The molecule has 4 rings (SSSR count). The van der Waals surface area contributed by atoms with E-state index in [1.54, 1.807) is 6.33 Å². The van der Waals surface area contributed by atoms with Crippen molar-refractivity contribution in [2.75, 3.05) is 32.5 Å². The molecule has 6 nitrogen and oxygen atoms in total. The fourth-order valence-corrected chi connectivity index (χ4v) is 2.83. The van der Waals surface area contributed by atoms with Gasteiger partial charge in [0.25, 0.3) is 0 Å². The van der Waals surface area contributed by atoms with E-state index in [-0.39, 0.29) is 0 Å². The van der Waals surface area contributed by atoms with Crippen LogP contribution in [0.1, 0.15) is 0 Å². The van der Waals surface area contributed by atoms with Crippen molar-refractivity contribution in [1.29, 1.82) is 0 Å². The highest BCUT2D eigenvalue weighted by Gasteiger charge is 2.11. The lowest BCUT2D eigenvalue weighted by atomic mass is 10.1. The lowest BCUT2D eigenvalue weighted by Crippen LogP contribution is -2.21. The van der Waals surface area contributed by atoms with E-state index >= 15 is 0 Å². The van der Waals surface area contributed by atoms with Gasteiger partial charge in [0, 0.05) is 18.7 Å². The van der Waals surface area contributed by atoms with Crippen molar-refractivity contribution in [2.24, 2.45) is 0 Å². The number of aromatic amines is 1. The molecule has 0 spiro atoms. The van der Waals surface area contributed by atoms with Crippen LogP contribution in [0.3, 0.4) is 0 Å². The first kappa shape index (κ1) is 15.5. The molecule has 0 fully saturated rings. The number of hydrogen-bond acceptors (Lipinski definition) is 5. The summed E-state index contributed by atoms with van der Waals surface area (Å²) in [6.07, 6.45) is 1.55. The van der Waals surface area contributed by atoms with Crippen LogP contribution in [-0.2, 0) is 0 Å². The fourth-order valence-electron chi connectivity index (χ4n) is 2.83. The molecule has 2 aromatic heterocycles. The zero-order chi connectivity index (χ0) is 17.2. The lowest BCUT2D eigenvalue weighted by Gasteiger charge is -2.10. The quantitative estimate of drug-likeness (QED) is 0.587. The van der Waals surface area contributed by atoms with Crippen LogP contribution in [0.2, 0.25) is 0 Å². The monoisotopic (exact) mass is 332 g/mol. The number of likely N-dealkylation sites (N-methyl/N-ethyl adjacent to an activating group) is 1. The molecule has 0 amide bonds. The number of anilines is 1. The predicted molar refractivity (Wildman–Crippen MR) is 102 cm³/mol. The molecular weight excluding hydrogens is 312 g/mol. The number of nitrogens with one attached hydrogen (secondary N) is 2. The molecule has 0 bridgehead atoms. The molecule has 0 unspecified atom stereocenters. The minimum Gasteiger partial charge on any atom is -0.367 e. The van der Waals surface area contributed by atoms with E-state index < -0.39 is 0 Å². The Labute approximate surface area is 145 Å². The van der Waals surface area contributed by atoms with Gasteiger partial charge < -0.3 is 15.2 Å². The Bertz CT molecular complexity index is 1020. The Balaban J connectivity index is 1.70. The maximum atomic E-state index is 4.64. The van der Waals surface area contributed by atoms with Crippen LogP contribution in [0.4, 0.5) is 5.82 Å². The van der Waals surface area contributed by atoms with E-state index in [9.17, 15) is 0 Å². The minimum atomic E-state index is 0.672. The van der Waals surface area contributed by atoms with Crippen molar-refractivity contribution in [1.82, 2.24) is 24.8 Å². The summed E-state index contributed by atoms with van der Waals surface area (Å²) in [7, 11) is 4.09. The Kier molecular flexibility index (Phi) is 4.03. The van der Waals surface area contributed by atoms with Gasteiger partial charge in [-0.1, -0.05) is 36.4 Å². The standard InChI is InChI=1S/C19H20N6/c1-25(2)10-9-20-18-16-19(22-12-21-18)24-17(23-16)15-8-7-13-5-3-4-6-14(13)11-15/h3-8,11-12H,9-10H2,1-2H3,(H2,20,21,22,23,24). The van der Waals surface area contributed by atoms with Crippen LogP contribution >= 0.6 is 0 Å². The molecule has 25 heavy (non-hydrogen) atoms. The van der Waals surface area contributed by atoms with Crippen molar-refractivity contribution in [3.8, 4) is 11.4 Å². The van der Waals surface area contributed by atoms with Crippen LogP contribution < -0.4 is 5.32 Å². The Morgan fingerprint density at radius 1 is 1.04 bits per heavy atom. The molecule has 0 atom stereocenters. The molecule has 0 aliphatic rings. The molecule has 0 saturated carbocycles. The summed E-state index contributed by atoms with van der Waals surface area (Å²) in [5, 5.41) is 5.76. The van der Waals surface area contributed by atoms with Gasteiger partial charge >= 0.3 is 0 Å². The summed E-state index contributed by atoms with van der Waals surface area (Å²) in [6.45, 7) is 1.74. The largest absolute Gasteiger partial charge is 0.367 e. The van der Waals surface area contributed by atoms with Crippen molar-refractivity contribution in [3.05, 3.63) is 48.8 Å². The summed E-state index contributed by atoms with van der Waals surface area (Å²) in [6, 6.07) is 14.6. The highest BCUT2D eigenvalue weighted by molar-refractivity contribution is 5.89. The maximum Gasteiger partial charge on any atom is 0.183 e. The van der Waals surface area contributed by atoms with Crippen LogP contribution in [0, 0.1) is 0 Å². The number of benzene rings is 2. The number of H-pyrrole nitrogens is 1. The molecule has 2 aromatic carbocycles. The number of fused-ring (bicyclic) bond motifs is 2. The Morgan fingerprint density at radius 3 is 2.72 bits per heavy atom. The third-order valence-corrected chi connectivity index (χ3v) is 4.16. The minimum absolute atomic E-state index is 0.672. The van der Waals surface area contributed by atoms with Gasteiger partial charge in [0.05, 0.1) is 0 Å². The van der Waals surface area contributed by atoms with Crippen LogP contribution in [-0.4, -0.2) is 52.0 Å². The Hall–Kier alpha value is -2.99. The number of hydrogen-bond donors (Lipinski definition) is 2. The first-order valence-electron chi connectivity index (χ1n) is 8.29. The SMILES string of the molecule is CN(C)CCNc1ncnc2nc(-c3ccc4ccccc4c3)[nH]c12. The van der Waals surface area contributed by atoms with Gasteiger partial charge in [0.2, 0.25) is 0 Å². The molecule has 4 aromatic rings. The lowest BCUT2D eigenvalue weighted by molar-refractivity contribution is 0.425. The molecule has 0 saturated heterocycles. The van der Waals surface area contributed by atoms with E-state index in [0.29, 0.717) is 5.65 Å². The molecule has 0 aliphatic heterocycles. The molecule has 2 N–H and O–H groups in total. The second-order valence-electron chi connectivity index (χ2n) is 6.30. The molecule has 126 valence electrons. The van der Waals surface area contributed by atoms with Crippen molar-refractivity contribution >= 4 is 27.8 Å². The zero-order valence-electron chi connectivity index (χ0n) is 14.3. The highest BCUT2D eigenvalue weighted by Crippen LogP contribution is 2.25. The van der Waals surface area contributed by atoms with Gasteiger partial charge in [-0.3, -0.25) is 0 Å². The fraction of sp³-hybridized carbons (Fsp3) is 0.211. The summed E-state index contributed by atoms with van der Waals surface area (Å²) in [5.74, 6) is 1.59. The highest BCUT2D eigenvalue weighted by atomic mass is 15.1. The summed E-state index contributed by atoms with van der Waals surface area (Å²) in [5.41, 5.74) is 2.55. The molecule has 2 heterocycles. The number of aromatic nitrogens is 4. The van der Waals surface area contributed by atoms with Gasteiger partial charge in [-0.15, -0.1) is 0 Å². The van der Waals surface area contributed by atoms with Crippen LogP contribution in [0.25, 0.3) is 33.3 Å². The number of nitrogens with zero attached hydrogens (tertiary/aromatic N) is 4. The normalized spacial score (nSPS) is 11.5. The van der Waals surface area contributed by atoms with E-state index in [4.69, 9.17) is 0 Å². The number of rotatable bonds is 5. The third kappa shape index (κ3) is 3.16. The number of imidazole rings is 1. The zero-order valence-corrected chi connectivity index (χ0v) is 14.3. The molecule has 0 aliphatic carbocycles. The molecular formula is C19H20N6. The Morgan fingerprint density at radius 2 is 1.88 bits per heavy atom. The summed E-state index contributed by atoms with van der Waals surface area (Å²) < 4.78 is 0. The van der Waals surface area contributed by atoms with Crippen molar-refractivity contribution in [3.63, 3.8) is 0 Å². The van der Waals surface area contributed by atoms with Gasteiger partial charge in [-0.05, 0) is 30.9 Å². The first-order valence-corrected chi connectivity index (χ1v) is 8.29. The second-order valence-corrected chi connectivity index (χ2v) is 6.30. The summed E-state index contributed by atoms with van der Waals surface area (Å²) in [4.78, 5) is 18.8. The van der Waals surface area contributed by atoms with E-state index in [1.807, 2.05) is 26.2 Å². The third-order valence-electron chi connectivity index (χ3n) is 4.16.